The fourth-order valence-electron chi connectivity index (χ4n) is 3.76. The Morgan fingerprint density at radius 3 is 2.27 bits per heavy atom. The molecule has 0 bridgehead atoms. The summed E-state index contributed by atoms with van der Waals surface area (Å²) in [4.78, 5) is 41.0. The molecule has 154 valence electrons. The highest BCUT2D eigenvalue weighted by Gasteiger charge is 2.34. The van der Waals surface area contributed by atoms with Crippen LogP contribution in [0.5, 0.6) is 0 Å². The van der Waals surface area contributed by atoms with Gasteiger partial charge in [-0.05, 0) is 53.1 Å². The molecule has 3 aromatic rings. The van der Waals surface area contributed by atoms with Gasteiger partial charge in [0.25, 0.3) is 5.91 Å². The van der Waals surface area contributed by atoms with E-state index in [1.54, 1.807) is 40.9 Å². The van der Waals surface area contributed by atoms with E-state index in [2.05, 4.69) is 28.1 Å². The Hall–Kier alpha value is -2.97. The Labute approximate surface area is 182 Å². The monoisotopic (exact) mass is 439 g/mol. The summed E-state index contributed by atoms with van der Waals surface area (Å²) in [6.45, 7) is 3.42. The molecule has 2 N–H and O–H groups in total. The lowest BCUT2D eigenvalue weighted by Gasteiger charge is -2.35. The van der Waals surface area contributed by atoms with Crippen LogP contribution in [0.4, 0.5) is 11.4 Å². The van der Waals surface area contributed by atoms with Crippen LogP contribution in [-0.4, -0.2) is 29.2 Å². The van der Waals surface area contributed by atoms with Crippen LogP contribution in [0.2, 0.25) is 0 Å². The van der Waals surface area contributed by atoms with Crippen molar-refractivity contribution in [2.75, 3.05) is 17.2 Å². The number of hydrogen-bond acceptors (Lipinski definition) is 5. The van der Waals surface area contributed by atoms with Gasteiger partial charge in [-0.15, -0.1) is 22.7 Å². The van der Waals surface area contributed by atoms with E-state index < -0.39 is 0 Å². The van der Waals surface area contributed by atoms with Gasteiger partial charge in [-0.3, -0.25) is 14.4 Å². The van der Waals surface area contributed by atoms with E-state index in [1.165, 1.54) is 24.3 Å². The molecular formula is C22H21N3O3S2. The van der Waals surface area contributed by atoms with Crippen molar-refractivity contribution in [1.82, 2.24) is 4.90 Å². The lowest BCUT2D eigenvalue weighted by molar-refractivity contribution is -0.115. The first-order chi connectivity index (χ1) is 14.4. The fraction of sp³-hybridized carbons (Fsp3) is 0.227. The average molecular weight is 440 g/mol. The second-order valence-corrected chi connectivity index (χ2v) is 9.11. The van der Waals surface area contributed by atoms with Crippen LogP contribution in [0.15, 0.2) is 47.2 Å². The third kappa shape index (κ3) is 4.15. The number of anilines is 2. The topological polar surface area (TPSA) is 78.5 Å². The van der Waals surface area contributed by atoms with Gasteiger partial charge in [0.15, 0.2) is 0 Å². The lowest BCUT2D eigenvalue weighted by atomic mass is 9.97. The number of carbonyl (C=O) groups is 3. The van der Waals surface area contributed by atoms with Crippen LogP contribution in [0.1, 0.15) is 45.6 Å². The number of rotatable bonds is 4. The predicted molar refractivity (Wildman–Crippen MR) is 120 cm³/mol. The summed E-state index contributed by atoms with van der Waals surface area (Å²) in [5.41, 5.74) is 2.53. The lowest BCUT2D eigenvalue weighted by Crippen LogP contribution is -2.39. The number of benzene rings is 1. The van der Waals surface area contributed by atoms with Gasteiger partial charge in [-0.1, -0.05) is 6.07 Å². The van der Waals surface area contributed by atoms with Crippen LogP contribution >= 0.6 is 22.7 Å². The van der Waals surface area contributed by atoms with Crippen molar-refractivity contribution < 1.29 is 14.4 Å². The molecule has 3 amide bonds. The quantitative estimate of drug-likeness (QED) is 0.628. The zero-order valence-electron chi connectivity index (χ0n) is 16.6. The number of amides is 3. The predicted octanol–water partition coefficient (Wildman–Crippen LogP) is 4.51. The summed E-state index contributed by atoms with van der Waals surface area (Å²) in [5, 5.41) is 9.51. The second-order valence-electron chi connectivity index (χ2n) is 7.13. The smallest absolute Gasteiger partial charge is 0.254 e. The minimum Gasteiger partial charge on any atom is -0.326 e. The first-order valence-corrected chi connectivity index (χ1v) is 11.3. The molecule has 0 spiro atoms. The van der Waals surface area contributed by atoms with Crippen molar-refractivity contribution in [3.8, 4) is 0 Å². The normalized spacial score (nSPS) is 15.4. The van der Waals surface area contributed by atoms with Crippen LogP contribution in [0.3, 0.4) is 0 Å². The highest BCUT2D eigenvalue weighted by Crippen LogP contribution is 2.40. The van der Waals surface area contributed by atoms with Gasteiger partial charge in [-0.25, -0.2) is 0 Å². The minimum atomic E-state index is -0.245. The third-order valence-corrected chi connectivity index (χ3v) is 6.78. The maximum Gasteiger partial charge on any atom is 0.254 e. The Morgan fingerprint density at radius 1 is 0.967 bits per heavy atom. The van der Waals surface area contributed by atoms with Crippen LogP contribution in [0, 0.1) is 0 Å². The SMILES string of the molecule is CC(=O)Nc1cc(NC(C)=O)cc(C(=O)N2CCc3sccc3[C@H]2c2cccs2)c1. The van der Waals surface area contributed by atoms with Crippen molar-refractivity contribution in [1.29, 1.82) is 0 Å². The van der Waals surface area contributed by atoms with Gasteiger partial charge in [-0.2, -0.15) is 0 Å². The summed E-state index contributed by atoms with van der Waals surface area (Å²) in [5.74, 6) is -0.625. The first-order valence-electron chi connectivity index (χ1n) is 9.53. The van der Waals surface area contributed by atoms with E-state index in [-0.39, 0.29) is 23.8 Å². The highest BCUT2D eigenvalue weighted by atomic mass is 32.1. The van der Waals surface area contributed by atoms with E-state index in [0.29, 0.717) is 23.5 Å². The van der Waals surface area contributed by atoms with Gasteiger partial charge in [0.2, 0.25) is 11.8 Å². The summed E-state index contributed by atoms with van der Waals surface area (Å²) in [6.07, 6.45) is 0.810. The fourth-order valence-corrected chi connectivity index (χ4v) is 5.51. The molecule has 1 aliphatic rings. The molecule has 30 heavy (non-hydrogen) atoms. The molecular weight excluding hydrogens is 418 g/mol. The Bertz CT molecular complexity index is 1070. The molecule has 1 aromatic carbocycles. The summed E-state index contributed by atoms with van der Waals surface area (Å²) in [6, 6.07) is 11.0. The van der Waals surface area contributed by atoms with E-state index in [0.717, 1.165) is 11.3 Å². The molecule has 2 aromatic heterocycles. The maximum absolute atomic E-state index is 13.6. The zero-order valence-corrected chi connectivity index (χ0v) is 18.2. The molecule has 1 aliphatic heterocycles. The Balaban J connectivity index is 1.74. The molecule has 3 heterocycles. The largest absolute Gasteiger partial charge is 0.326 e. The van der Waals surface area contributed by atoms with E-state index in [1.807, 2.05) is 16.3 Å². The average Bonchev–Trinajstić information content (AvgIpc) is 3.37. The molecule has 4 rings (SSSR count). The highest BCUT2D eigenvalue weighted by molar-refractivity contribution is 7.10. The number of fused-ring (bicyclic) bond motifs is 1. The van der Waals surface area contributed by atoms with Gasteiger partial charge in [0.05, 0.1) is 6.04 Å². The van der Waals surface area contributed by atoms with Gasteiger partial charge in [0, 0.05) is 47.1 Å². The van der Waals surface area contributed by atoms with Crippen molar-refractivity contribution in [2.24, 2.45) is 0 Å². The summed E-state index contributed by atoms with van der Waals surface area (Å²) >= 11 is 3.36. The van der Waals surface area contributed by atoms with E-state index >= 15 is 0 Å². The van der Waals surface area contributed by atoms with E-state index in [4.69, 9.17) is 0 Å². The summed E-state index contributed by atoms with van der Waals surface area (Å²) < 4.78 is 0. The van der Waals surface area contributed by atoms with Crippen LogP contribution < -0.4 is 10.6 Å². The zero-order chi connectivity index (χ0) is 21.3. The minimum absolute atomic E-state index is 0.135. The number of thiophene rings is 2. The van der Waals surface area contributed by atoms with Crippen molar-refractivity contribution >= 4 is 51.8 Å². The Morgan fingerprint density at radius 2 is 1.67 bits per heavy atom. The molecule has 8 heteroatoms. The van der Waals surface area contributed by atoms with Gasteiger partial charge >= 0.3 is 0 Å². The van der Waals surface area contributed by atoms with Gasteiger partial charge < -0.3 is 15.5 Å². The Kier molecular flexibility index (Phi) is 5.69. The van der Waals surface area contributed by atoms with Crippen molar-refractivity contribution in [2.45, 2.75) is 26.3 Å². The first kappa shape index (κ1) is 20.3. The molecule has 1 atom stereocenters. The third-order valence-electron chi connectivity index (χ3n) is 4.86. The summed E-state index contributed by atoms with van der Waals surface area (Å²) in [7, 11) is 0. The molecule has 0 aliphatic carbocycles. The second kappa shape index (κ2) is 8.41. The molecule has 0 saturated heterocycles. The van der Waals surface area contributed by atoms with Crippen LogP contribution in [-0.2, 0) is 16.0 Å². The number of carbonyl (C=O) groups excluding carboxylic acids is 3. The molecule has 0 saturated carbocycles. The maximum atomic E-state index is 13.6. The van der Waals surface area contributed by atoms with Crippen LogP contribution in [0.25, 0.3) is 0 Å². The van der Waals surface area contributed by atoms with Crippen molar-refractivity contribution in [3.63, 3.8) is 0 Å². The molecule has 0 unspecified atom stereocenters. The number of hydrogen-bond donors (Lipinski definition) is 2. The molecule has 0 radical (unpaired) electrons. The number of nitrogens with one attached hydrogen (secondary N) is 2. The van der Waals surface area contributed by atoms with E-state index in [9.17, 15) is 14.4 Å². The standard InChI is InChI=1S/C22H21N3O3S2/c1-13(26)23-16-10-15(11-17(12-16)24-14(2)27)22(28)25-7-5-19-18(6-9-30-19)21(25)20-4-3-8-29-20/h3-4,6,8-12,21H,5,7H2,1-2H3,(H,23,26)(H,24,27)/t21-/m0/s1. The number of nitrogens with zero attached hydrogens (tertiary/aromatic N) is 1. The van der Waals surface area contributed by atoms with Gasteiger partial charge in [0.1, 0.15) is 0 Å². The van der Waals surface area contributed by atoms with Crippen molar-refractivity contribution in [3.05, 3.63) is 68.0 Å². The molecule has 0 fully saturated rings. The molecule has 6 nitrogen and oxygen atoms in total.